The lowest BCUT2D eigenvalue weighted by Gasteiger charge is -2.00. The number of hydrogen-bond donors (Lipinski definition) is 0. The zero-order valence-corrected chi connectivity index (χ0v) is 13.2. The first-order valence-corrected chi connectivity index (χ1v) is 8.37. The van der Waals surface area contributed by atoms with E-state index in [1.165, 1.54) is 9.78 Å². The molecule has 92 valence electrons. The van der Waals surface area contributed by atoms with Gasteiger partial charge in [0.15, 0.2) is 9.84 Å². The molecule has 0 aromatic rings. The third-order valence-electron chi connectivity index (χ3n) is 2.47. The average Bonchev–Trinajstić information content (AvgIpc) is 2.60. The molecule has 3 nitrogen and oxygen atoms in total. The molecule has 0 aliphatic carbocycles. The number of halogens is 1. The van der Waals surface area contributed by atoms with Gasteiger partial charge >= 0.3 is 0 Å². The SMILES string of the molecule is CC[N+](CC)=C1SC2=CS(=O)(=O)CC2S1.[Br-]. The molecule has 16 heavy (non-hydrogen) atoms. The minimum absolute atomic E-state index is 0. The van der Waals surface area contributed by atoms with E-state index in [1.54, 1.807) is 23.5 Å². The zero-order chi connectivity index (χ0) is 11.1. The van der Waals surface area contributed by atoms with Crippen molar-refractivity contribution < 1.29 is 30.0 Å². The molecule has 1 saturated heterocycles. The van der Waals surface area contributed by atoms with Crippen molar-refractivity contribution in [3.05, 3.63) is 10.3 Å². The second-order valence-corrected chi connectivity index (χ2v) is 7.90. The van der Waals surface area contributed by atoms with Gasteiger partial charge in [-0.1, -0.05) is 0 Å². The summed E-state index contributed by atoms with van der Waals surface area (Å²) in [7, 11) is -2.90. The number of hydrogen-bond acceptors (Lipinski definition) is 4. The molecule has 2 rings (SSSR count). The van der Waals surface area contributed by atoms with Crippen LogP contribution in [0.15, 0.2) is 10.3 Å². The Morgan fingerprint density at radius 1 is 1.44 bits per heavy atom. The quantitative estimate of drug-likeness (QED) is 0.573. The lowest BCUT2D eigenvalue weighted by molar-refractivity contribution is -0.515. The summed E-state index contributed by atoms with van der Waals surface area (Å²) in [6, 6.07) is 0. The van der Waals surface area contributed by atoms with Crippen molar-refractivity contribution in [2.75, 3.05) is 18.8 Å². The highest BCUT2D eigenvalue weighted by molar-refractivity contribution is 8.43. The van der Waals surface area contributed by atoms with E-state index in [0.717, 1.165) is 18.0 Å². The predicted molar refractivity (Wildman–Crippen MR) is 67.2 cm³/mol. The third-order valence-corrected chi connectivity index (χ3v) is 7.16. The third kappa shape index (κ3) is 2.86. The van der Waals surface area contributed by atoms with Gasteiger partial charge in [0.05, 0.1) is 11.0 Å². The van der Waals surface area contributed by atoms with Gasteiger partial charge in [0.25, 0.3) is 4.38 Å². The molecule has 2 heterocycles. The summed E-state index contributed by atoms with van der Waals surface area (Å²) in [4.78, 5) is 1.02. The monoisotopic (exact) mass is 343 g/mol. The molecule has 0 bridgehead atoms. The van der Waals surface area contributed by atoms with Crippen molar-refractivity contribution in [1.82, 2.24) is 0 Å². The second-order valence-electron chi connectivity index (χ2n) is 3.50. The molecule has 0 N–H and O–H groups in total. The van der Waals surface area contributed by atoms with Crippen molar-refractivity contribution in [3.8, 4) is 0 Å². The Morgan fingerprint density at radius 3 is 2.56 bits per heavy atom. The van der Waals surface area contributed by atoms with Crippen LogP contribution in [0, 0.1) is 0 Å². The molecule has 1 atom stereocenters. The fourth-order valence-corrected chi connectivity index (χ4v) is 7.28. The van der Waals surface area contributed by atoms with Crippen molar-refractivity contribution in [3.63, 3.8) is 0 Å². The molecule has 0 radical (unpaired) electrons. The number of thioether (sulfide) groups is 2. The molecule has 0 saturated carbocycles. The maximum atomic E-state index is 11.3. The molecule has 2 aliphatic heterocycles. The van der Waals surface area contributed by atoms with Crippen molar-refractivity contribution in [1.29, 1.82) is 0 Å². The fraction of sp³-hybridized carbons (Fsp3) is 0.667. The van der Waals surface area contributed by atoms with E-state index in [0.29, 0.717) is 0 Å². The van der Waals surface area contributed by atoms with Gasteiger partial charge in [0, 0.05) is 10.3 Å². The second kappa shape index (κ2) is 5.46. The van der Waals surface area contributed by atoms with Crippen LogP contribution < -0.4 is 17.0 Å². The van der Waals surface area contributed by atoms with E-state index in [4.69, 9.17) is 0 Å². The Labute approximate surface area is 115 Å². The molecular formula is C9H14BrNO2S3. The minimum Gasteiger partial charge on any atom is -1.00 e. The Hall–Kier alpha value is 0.540. The van der Waals surface area contributed by atoms with Gasteiger partial charge < -0.3 is 17.0 Å². The summed E-state index contributed by atoms with van der Waals surface area (Å²) in [6.45, 7) is 6.21. The minimum atomic E-state index is -2.90. The van der Waals surface area contributed by atoms with E-state index in [2.05, 4.69) is 18.4 Å². The lowest BCUT2D eigenvalue weighted by Crippen LogP contribution is -3.00. The normalized spacial score (nSPS) is 26.0. The number of nitrogens with zero attached hydrogens (tertiary/aromatic N) is 1. The van der Waals surface area contributed by atoms with E-state index >= 15 is 0 Å². The van der Waals surface area contributed by atoms with Crippen molar-refractivity contribution in [2.24, 2.45) is 0 Å². The number of fused-ring (bicyclic) bond motifs is 1. The molecule has 1 unspecified atom stereocenters. The Bertz CT molecular complexity index is 436. The van der Waals surface area contributed by atoms with E-state index in [-0.39, 0.29) is 28.0 Å². The maximum Gasteiger partial charge on any atom is 0.275 e. The van der Waals surface area contributed by atoms with Gasteiger partial charge in [-0.15, -0.1) is 0 Å². The van der Waals surface area contributed by atoms with Crippen LogP contribution in [0.3, 0.4) is 0 Å². The van der Waals surface area contributed by atoms with Gasteiger partial charge in [-0.3, -0.25) is 0 Å². The number of sulfone groups is 1. The lowest BCUT2D eigenvalue weighted by atomic mass is 10.5. The first-order valence-electron chi connectivity index (χ1n) is 4.96. The van der Waals surface area contributed by atoms with Gasteiger partial charge in [-0.05, 0) is 37.4 Å². The summed E-state index contributed by atoms with van der Waals surface area (Å²) in [5, 5.41) is 1.61. The van der Waals surface area contributed by atoms with Gasteiger partial charge in [-0.2, -0.15) is 0 Å². The van der Waals surface area contributed by atoms with Crippen LogP contribution in [0.5, 0.6) is 0 Å². The first kappa shape index (κ1) is 14.6. The fourth-order valence-electron chi connectivity index (χ4n) is 1.64. The summed E-state index contributed by atoms with van der Waals surface area (Å²) >= 11 is 3.33. The molecule has 1 fully saturated rings. The summed E-state index contributed by atoms with van der Waals surface area (Å²) in [5.74, 6) is 0.283. The topological polar surface area (TPSA) is 37.1 Å². The van der Waals surface area contributed by atoms with Gasteiger partial charge in [0.2, 0.25) is 0 Å². The van der Waals surface area contributed by atoms with Crippen LogP contribution >= 0.6 is 23.5 Å². The smallest absolute Gasteiger partial charge is 0.275 e. The number of rotatable bonds is 2. The van der Waals surface area contributed by atoms with E-state index in [9.17, 15) is 8.42 Å². The maximum absolute atomic E-state index is 11.3. The molecule has 0 amide bonds. The highest BCUT2D eigenvalue weighted by Gasteiger charge is 2.41. The Kier molecular flexibility index (Phi) is 4.98. The zero-order valence-electron chi connectivity index (χ0n) is 9.14. The van der Waals surface area contributed by atoms with Crippen LogP contribution in [0.25, 0.3) is 0 Å². The van der Waals surface area contributed by atoms with Crippen molar-refractivity contribution >= 4 is 37.7 Å². The van der Waals surface area contributed by atoms with E-state index in [1.807, 2.05) is 0 Å². The predicted octanol–water partition coefficient (Wildman–Crippen LogP) is -1.48. The summed E-state index contributed by atoms with van der Waals surface area (Å²) in [5.41, 5.74) is 0. The molecule has 2 aliphatic rings. The molecule has 0 spiro atoms. The average molecular weight is 344 g/mol. The van der Waals surface area contributed by atoms with Crippen LogP contribution in [-0.4, -0.2) is 41.5 Å². The van der Waals surface area contributed by atoms with Crippen molar-refractivity contribution in [2.45, 2.75) is 19.1 Å². The standard InChI is InChI=1S/C9H14NO2S3.BrH/c1-3-10(4-2)9-13-7-5-15(11,12)6-8(7)14-9;/h5,8H,3-4,6H2,1-2H3;1H/q+1;/p-1. The summed E-state index contributed by atoms with van der Waals surface area (Å²) < 4.78 is 26.2. The highest BCUT2D eigenvalue weighted by Crippen LogP contribution is 2.46. The summed E-state index contributed by atoms with van der Waals surface area (Å²) in [6.07, 6.45) is 0. The van der Waals surface area contributed by atoms with Gasteiger partial charge in [-0.25, -0.2) is 13.0 Å². The first-order chi connectivity index (χ1) is 7.05. The molecule has 0 aromatic heterocycles. The van der Waals surface area contributed by atoms with Crippen LogP contribution in [0.1, 0.15) is 13.8 Å². The van der Waals surface area contributed by atoms with Gasteiger partial charge in [0.1, 0.15) is 13.1 Å². The molecule has 7 heteroatoms. The molecule has 0 aromatic carbocycles. The highest BCUT2D eigenvalue weighted by atomic mass is 79.9. The Morgan fingerprint density at radius 2 is 2.06 bits per heavy atom. The van der Waals surface area contributed by atoms with Crippen LogP contribution in [-0.2, 0) is 9.84 Å². The Balaban J connectivity index is 0.00000128. The van der Waals surface area contributed by atoms with E-state index < -0.39 is 9.84 Å². The largest absolute Gasteiger partial charge is 1.00 e. The molecular weight excluding hydrogens is 330 g/mol. The van der Waals surface area contributed by atoms with Crippen LogP contribution in [0.2, 0.25) is 0 Å². The van der Waals surface area contributed by atoms with Crippen LogP contribution in [0.4, 0.5) is 0 Å².